The van der Waals surface area contributed by atoms with E-state index in [9.17, 15) is 22.8 Å². The molecule has 0 radical (unpaired) electrons. The van der Waals surface area contributed by atoms with Crippen LogP contribution >= 0.6 is 0 Å². The lowest BCUT2D eigenvalue weighted by Gasteiger charge is -2.19. The van der Waals surface area contributed by atoms with E-state index >= 15 is 0 Å². The number of H-pyrrole nitrogens is 1. The number of anilines is 1. The second kappa shape index (κ2) is 13.5. The highest BCUT2D eigenvalue weighted by Crippen LogP contribution is 2.24. The molecule has 1 heterocycles. The molecular weight excluding hydrogens is 499 g/mol. The summed E-state index contributed by atoms with van der Waals surface area (Å²) in [6.07, 6.45) is -4.62. The van der Waals surface area contributed by atoms with Crippen molar-refractivity contribution in [2.24, 2.45) is 0 Å². The number of carbonyl (C=O) groups is 3. The van der Waals surface area contributed by atoms with Crippen LogP contribution in [0.4, 0.5) is 18.9 Å². The molecule has 1 amide bonds. The Hall–Kier alpha value is -3.74. The van der Waals surface area contributed by atoms with Crippen LogP contribution in [0, 0.1) is 0 Å². The molecule has 0 atom stereocenters. The smallest absolute Gasteiger partial charge is 0.490 e. The van der Waals surface area contributed by atoms with Gasteiger partial charge in [0.2, 0.25) is 0 Å². The fraction of sp³-hybridized carbons (Fsp3) is 0.458. The maximum atomic E-state index is 12.8. The lowest BCUT2D eigenvalue weighted by molar-refractivity contribution is -0.192. The van der Waals surface area contributed by atoms with Gasteiger partial charge in [0.25, 0.3) is 5.91 Å². The Morgan fingerprint density at radius 3 is 2.08 bits per heavy atom. The van der Waals surface area contributed by atoms with E-state index in [4.69, 9.17) is 24.5 Å². The highest BCUT2D eigenvalue weighted by Gasteiger charge is 2.38. The van der Waals surface area contributed by atoms with Gasteiger partial charge < -0.3 is 35.3 Å². The summed E-state index contributed by atoms with van der Waals surface area (Å²) in [6.45, 7) is 7.50. The Morgan fingerprint density at radius 2 is 1.65 bits per heavy atom. The molecule has 0 spiro atoms. The number of aromatic nitrogens is 1. The number of alkyl halides is 3. The number of carboxylic acids is 1. The van der Waals surface area contributed by atoms with Crippen LogP contribution in [-0.2, 0) is 22.5 Å². The monoisotopic (exact) mass is 531 g/mol. The molecule has 0 saturated heterocycles. The van der Waals surface area contributed by atoms with Gasteiger partial charge in [-0.2, -0.15) is 13.2 Å². The van der Waals surface area contributed by atoms with E-state index in [0.717, 1.165) is 11.4 Å². The lowest BCUT2D eigenvalue weighted by atomic mass is 10.0. The van der Waals surface area contributed by atoms with Crippen molar-refractivity contribution in [3.05, 3.63) is 46.8 Å². The summed E-state index contributed by atoms with van der Waals surface area (Å²) in [5.41, 5.74) is 2.00. The number of rotatable bonds is 9. The molecule has 1 aromatic carbocycles. The van der Waals surface area contributed by atoms with E-state index in [-0.39, 0.29) is 24.8 Å². The van der Waals surface area contributed by atoms with Crippen LogP contribution in [0.3, 0.4) is 0 Å². The number of nitrogens with one attached hydrogen (secondary N) is 3. The largest absolute Gasteiger partial charge is 0.497 e. The molecule has 5 N–H and O–H groups in total. The number of halogens is 3. The number of aromatic amines is 1. The number of hydrogen-bond acceptors (Lipinski definition) is 7. The van der Waals surface area contributed by atoms with E-state index < -0.39 is 23.7 Å². The van der Waals surface area contributed by atoms with Crippen LogP contribution in [0.25, 0.3) is 0 Å². The Balaban J connectivity index is 0.000000856. The van der Waals surface area contributed by atoms with Crippen molar-refractivity contribution < 1.29 is 47.2 Å². The van der Waals surface area contributed by atoms with E-state index in [2.05, 4.69) is 15.6 Å². The number of aliphatic hydroxyl groups excluding tert-OH is 1. The first-order valence-electron chi connectivity index (χ1n) is 11.2. The molecule has 0 bridgehead atoms. The standard InChI is InChI=1S/C22H31N3O5.C2HF3O2/c1-6-16-18(20(27)23-11-12-26)17(25-19(16)21(28)30-22(2,3)4)13-24-14-7-9-15(29-5)10-8-14;3-2(4,5)1(6)7/h7-10,24-26H,6,11-13H2,1-5H3,(H,23,27);(H,6,7). The zero-order valence-electron chi connectivity index (χ0n) is 21.2. The van der Waals surface area contributed by atoms with E-state index in [1.165, 1.54) is 0 Å². The van der Waals surface area contributed by atoms with Gasteiger partial charge >= 0.3 is 18.1 Å². The van der Waals surface area contributed by atoms with Gasteiger partial charge in [-0.1, -0.05) is 6.92 Å². The number of carbonyl (C=O) groups excluding carboxylic acids is 2. The summed E-state index contributed by atoms with van der Waals surface area (Å²) in [7, 11) is 1.60. The average molecular weight is 532 g/mol. The molecule has 1 aromatic heterocycles. The van der Waals surface area contributed by atoms with Crippen LogP contribution < -0.4 is 15.4 Å². The van der Waals surface area contributed by atoms with Gasteiger partial charge in [0.1, 0.15) is 17.0 Å². The molecule has 2 rings (SSSR count). The molecule has 206 valence electrons. The Bertz CT molecular complexity index is 1060. The molecule has 37 heavy (non-hydrogen) atoms. The molecule has 0 aliphatic heterocycles. The maximum Gasteiger partial charge on any atom is 0.490 e. The van der Waals surface area contributed by atoms with Gasteiger partial charge in [0.15, 0.2) is 0 Å². The number of hydrogen-bond donors (Lipinski definition) is 5. The lowest BCUT2D eigenvalue weighted by Crippen LogP contribution is -2.28. The molecule has 0 aliphatic carbocycles. The second-order valence-electron chi connectivity index (χ2n) is 8.55. The first kappa shape index (κ1) is 31.3. The molecule has 13 heteroatoms. The highest BCUT2D eigenvalue weighted by molar-refractivity contribution is 6.01. The minimum absolute atomic E-state index is 0.125. The van der Waals surface area contributed by atoms with Crippen LogP contribution in [0.1, 0.15) is 59.8 Å². The zero-order valence-corrected chi connectivity index (χ0v) is 21.2. The van der Waals surface area contributed by atoms with Gasteiger partial charge in [-0.15, -0.1) is 0 Å². The predicted molar refractivity (Wildman–Crippen MR) is 129 cm³/mol. The minimum Gasteiger partial charge on any atom is -0.497 e. The van der Waals surface area contributed by atoms with Gasteiger partial charge in [-0.3, -0.25) is 4.79 Å². The van der Waals surface area contributed by atoms with E-state index in [0.29, 0.717) is 29.8 Å². The predicted octanol–water partition coefficient (Wildman–Crippen LogP) is 3.51. The Labute approximate surface area is 212 Å². The topological polar surface area (TPSA) is 150 Å². The van der Waals surface area contributed by atoms with Crippen molar-refractivity contribution in [2.45, 2.75) is 52.4 Å². The van der Waals surface area contributed by atoms with Crippen molar-refractivity contribution in [3.8, 4) is 5.75 Å². The van der Waals surface area contributed by atoms with Gasteiger partial charge in [-0.05, 0) is 57.0 Å². The van der Waals surface area contributed by atoms with Crippen molar-refractivity contribution in [1.29, 1.82) is 0 Å². The highest BCUT2D eigenvalue weighted by atomic mass is 19.4. The number of esters is 1. The van der Waals surface area contributed by atoms with E-state index in [1.807, 2.05) is 31.2 Å². The second-order valence-corrected chi connectivity index (χ2v) is 8.55. The number of amides is 1. The first-order chi connectivity index (χ1) is 17.1. The van der Waals surface area contributed by atoms with Gasteiger partial charge in [0, 0.05) is 17.9 Å². The molecule has 0 aliphatic rings. The number of methoxy groups -OCH3 is 1. The van der Waals surface area contributed by atoms with Crippen LogP contribution in [0.15, 0.2) is 24.3 Å². The van der Waals surface area contributed by atoms with E-state index in [1.54, 1.807) is 27.9 Å². The number of benzene rings is 1. The van der Waals surface area contributed by atoms with Crippen molar-refractivity contribution >= 4 is 23.5 Å². The van der Waals surface area contributed by atoms with Crippen molar-refractivity contribution in [2.75, 3.05) is 25.6 Å². The fourth-order valence-corrected chi connectivity index (χ4v) is 3.02. The summed E-state index contributed by atoms with van der Waals surface area (Å²) in [4.78, 5) is 37.5. The number of ether oxygens (including phenoxy) is 2. The van der Waals surface area contributed by atoms with Crippen LogP contribution in [0.2, 0.25) is 0 Å². The third-order valence-corrected chi connectivity index (χ3v) is 4.56. The Kier molecular flexibility index (Phi) is 11.4. The molecule has 0 fully saturated rings. The molecular formula is C24H32F3N3O7. The number of aliphatic carboxylic acids is 1. The molecule has 0 unspecified atom stereocenters. The van der Waals surface area contributed by atoms with Crippen molar-refractivity contribution in [1.82, 2.24) is 10.3 Å². The molecule has 2 aromatic rings. The maximum absolute atomic E-state index is 12.8. The first-order valence-corrected chi connectivity index (χ1v) is 11.2. The third kappa shape index (κ3) is 10.0. The van der Waals surface area contributed by atoms with Crippen LogP contribution in [-0.4, -0.2) is 65.1 Å². The van der Waals surface area contributed by atoms with Gasteiger partial charge in [0.05, 0.1) is 25.8 Å². The average Bonchev–Trinajstić information content (AvgIpc) is 3.19. The zero-order chi connectivity index (χ0) is 28.4. The quantitative estimate of drug-likeness (QED) is 0.309. The van der Waals surface area contributed by atoms with Crippen LogP contribution in [0.5, 0.6) is 5.75 Å². The molecule has 10 nitrogen and oxygen atoms in total. The summed E-state index contributed by atoms with van der Waals surface area (Å²) < 4.78 is 42.4. The normalized spacial score (nSPS) is 11.2. The summed E-state index contributed by atoms with van der Waals surface area (Å²) >= 11 is 0. The number of aliphatic hydroxyl groups is 1. The van der Waals surface area contributed by atoms with Crippen molar-refractivity contribution in [3.63, 3.8) is 0 Å². The summed E-state index contributed by atoms with van der Waals surface area (Å²) in [5, 5.41) is 22.1. The number of carboxylic acid groups (broad SMARTS) is 1. The SMILES string of the molecule is CCc1c(C(=O)OC(C)(C)C)[nH]c(CNc2ccc(OC)cc2)c1C(=O)NCCO.O=C(O)C(F)(F)F. The minimum atomic E-state index is -5.08. The Morgan fingerprint density at radius 1 is 1.08 bits per heavy atom. The third-order valence-electron chi connectivity index (χ3n) is 4.56. The fourth-order valence-electron chi connectivity index (χ4n) is 3.02. The summed E-state index contributed by atoms with van der Waals surface area (Å²) in [6, 6.07) is 7.39. The summed E-state index contributed by atoms with van der Waals surface area (Å²) in [5.74, 6) is -2.87. The molecule has 0 saturated carbocycles. The van der Waals surface area contributed by atoms with Gasteiger partial charge in [-0.25, -0.2) is 9.59 Å².